The third-order valence-corrected chi connectivity index (χ3v) is 14.5. The van der Waals surface area contributed by atoms with Crippen molar-refractivity contribution in [2.75, 3.05) is 0 Å². The molecule has 8 heteroatoms. The molecule has 1 saturated carbocycles. The predicted molar refractivity (Wildman–Crippen MR) is 106 cm³/mol. The van der Waals surface area contributed by atoms with Gasteiger partial charge in [0.1, 0.15) is 9.70 Å². The van der Waals surface area contributed by atoms with Crippen molar-refractivity contribution in [3.8, 4) is 0 Å². The largest absolute Gasteiger partial charge is 0.366 e. The zero-order chi connectivity index (χ0) is 15.7. The fourth-order valence-electron chi connectivity index (χ4n) is 2.22. The third-order valence-electron chi connectivity index (χ3n) is 3.55. The summed E-state index contributed by atoms with van der Waals surface area (Å²) in [7, 11) is 0. The van der Waals surface area contributed by atoms with Crippen molar-refractivity contribution in [1.29, 1.82) is 0 Å². The summed E-state index contributed by atoms with van der Waals surface area (Å²) in [6.45, 7) is 0. The van der Waals surface area contributed by atoms with Gasteiger partial charge in [-0.3, -0.25) is 0 Å². The van der Waals surface area contributed by atoms with Gasteiger partial charge in [0.15, 0.2) is 5.79 Å². The quantitative estimate of drug-likeness (QED) is 0.236. The maximum Gasteiger partial charge on any atom is 0.162 e. The van der Waals surface area contributed by atoms with E-state index in [9.17, 15) is 10.2 Å². The van der Waals surface area contributed by atoms with Gasteiger partial charge in [-0.05, 0) is 25.7 Å². The minimum Gasteiger partial charge on any atom is -0.366 e. The smallest absolute Gasteiger partial charge is 0.162 e. The summed E-state index contributed by atoms with van der Waals surface area (Å²) >= 11 is 22.5. The molecular weight excluding hydrogens is 656 g/mol. The second-order valence-electron chi connectivity index (χ2n) is 5.38. The maximum atomic E-state index is 9.91. The van der Waals surface area contributed by atoms with Crippen LogP contribution >= 0.6 is 95.6 Å². The highest BCUT2D eigenvalue weighted by atomic mass is 79.9. The van der Waals surface area contributed by atoms with E-state index < -0.39 is 9.02 Å². The summed E-state index contributed by atoms with van der Waals surface area (Å²) in [5, 5.41) is 19.8. The molecular formula is C12H18Br6O2. The first-order valence-electron chi connectivity index (χ1n) is 6.50. The Hall–Kier alpha value is 2.80. The topological polar surface area (TPSA) is 40.5 Å². The SMILES string of the molecule is OC1(O)CCCCC(Br)(Br)C(Br)(Br)C(Br)(Br)CCCC1. The maximum absolute atomic E-state index is 9.91. The Labute approximate surface area is 171 Å². The Morgan fingerprint density at radius 1 is 0.550 bits per heavy atom. The zero-order valence-corrected chi connectivity index (χ0v) is 20.3. The summed E-state index contributed by atoms with van der Waals surface area (Å²) in [6, 6.07) is 0. The first kappa shape index (κ1) is 20.8. The van der Waals surface area contributed by atoms with Gasteiger partial charge in [-0.2, -0.15) is 0 Å². The summed E-state index contributed by atoms with van der Waals surface area (Å²) in [6.07, 6.45) is 5.84. The lowest BCUT2D eigenvalue weighted by Gasteiger charge is -2.44. The van der Waals surface area contributed by atoms with E-state index in [2.05, 4.69) is 95.6 Å². The van der Waals surface area contributed by atoms with Gasteiger partial charge in [0.05, 0.1) is 0 Å². The fraction of sp³-hybridized carbons (Fsp3) is 1.00. The molecule has 0 heterocycles. The van der Waals surface area contributed by atoms with Crippen LogP contribution in [0.4, 0.5) is 0 Å². The van der Waals surface area contributed by atoms with Gasteiger partial charge in [-0.1, -0.05) is 108 Å². The van der Waals surface area contributed by atoms with E-state index in [-0.39, 0.29) is 6.47 Å². The van der Waals surface area contributed by atoms with Crippen LogP contribution in [0.5, 0.6) is 0 Å². The number of hydrogen-bond acceptors (Lipinski definition) is 2. The molecule has 0 aromatic heterocycles. The fourth-order valence-corrected chi connectivity index (χ4v) is 6.55. The van der Waals surface area contributed by atoms with Crippen LogP contribution < -0.4 is 0 Å². The van der Waals surface area contributed by atoms with E-state index in [1.807, 2.05) is 0 Å². The van der Waals surface area contributed by atoms with Gasteiger partial charge < -0.3 is 10.2 Å². The van der Waals surface area contributed by atoms with Gasteiger partial charge >= 0.3 is 0 Å². The molecule has 1 aliphatic carbocycles. The molecule has 0 radical (unpaired) electrons. The second-order valence-corrected chi connectivity index (χ2v) is 16.4. The van der Waals surface area contributed by atoms with Crippen molar-refractivity contribution in [3.63, 3.8) is 0 Å². The van der Waals surface area contributed by atoms with E-state index in [4.69, 9.17) is 0 Å². The van der Waals surface area contributed by atoms with Crippen molar-refractivity contribution >= 4 is 95.6 Å². The number of halogens is 6. The molecule has 20 heavy (non-hydrogen) atoms. The van der Waals surface area contributed by atoms with Crippen LogP contribution in [0.15, 0.2) is 0 Å². The monoisotopic (exact) mass is 668 g/mol. The van der Waals surface area contributed by atoms with Crippen LogP contribution in [-0.2, 0) is 0 Å². The highest BCUT2D eigenvalue weighted by Crippen LogP contribution is 2.63. The van der Waals surface area contributed by atoms with E-state index >= 15 is 0 Å². The van der Waals surface area contributed by atoms with Crippen LogP contribution in [0.3, 0.4) is 0 Å². The van der Waals surface area contributed by atoms with Crippen molar-refractivity contribution in [3.05, 3.63) is 0 Å². The first-order valence-corrected chi connectivity index (χ1v) is 11.3. The van der Waals surface area contributed by atoms with E-state index in [0.717, 1.165) is 38.5 Å². The number of alkyl halides is 6. The van der Waals surface area contributed by atoms with Crippen molar-refractivity contribution in [1.82, 2.24) is 0 Å². The van der Waals surface area contributed by atoms with Gasteiger partial charge in [-0.25, -0.2) is 0 Å². The van der Waals surface area contributed by atoms with Crippen LogP contribution in [0.25, 0.3) is 0 Å². The Kier molecular flexibility index (Phi) is 8.12. The van der Waals surface area contributed by atoms with Crippen molar-refractivity contribution in [2.24, 2.45) is 0 Å². The zero-order valence-electron chi connectivity index (χ0n) is 10.8. The summed E-state index contributed by atoms with van der Waals surface area (Å²) in [5.41, 5.74) is 0. The number of aliphatic hydroxyl groups is 2. The van der Waals surface area contributed by atoms with Gasteiger partial charge in [0.25, 0.3) is 0 Å². The molecule has 0 unspecified atom stereocenters. The molecule has 0 spiro atoms. The van der Waals surface area contributed by atoms with Crippen LogP contribution in [0.1, 0.15) is 51.4 Å². The van der Waals surface area contributed by atoms with Gasteiger partial charge in [0.2, 0.25) is 0 Å². The van der Waals surface area contributed by atoms with E-state index in [0.29, 0.717) is 12.8 Å². The lowest BCUT2D eigenvalue weighted by Crippen LogP contribution is -2.47. The molecule has 2 N–H and O–H groups in total. The lowest BCUT2D eigenvalue weighted by atomic mass is 9.97. The summed E-state index contributed by atoms with van der Waals surface area (Å²) in [5.74, 6) is -1.53. The molecule has 1 aliphatic rings. The predicted octanol–water partition coefficient (Wildman–Crippen LogP) is 6.26. The van der Waals surface area contributed by atoms with E-state index in [1.165, 1.54) is 0 Å². The minimum absolute atomic E-state index is 0.368. The standard InChI is InChI=1S/C12H18Br6O2/c13-10(14)7-3-1-5-9(19,20)6-2-4-8-11(15,16)12(10,17)18/h19-20H,1-8H2. The molecule has 1 fully saturated rings. The number of hydrogen-bond donors (Lipinski definition) is 2. The average molecular weight is 674 g/mol. The molecule has 0 aliphatic heterocycles. The molecule has 0 amide bonds. The average Bonchev–Trinajstić information content (AvgIpc) is 2.29. The van der Waals surface area contributed by atoms with Crippen LogP contribution in [0, 0.1) is 0 Å². The van der Waals surface area contributed by atoms with Gasteiger partial charge in [0, 0.05) is 12.8 Å². The van der Waals surface area contributed by atoms with Crippen LogP contribution in [0.2, 0.25) is 0 Å². The lowest BCUT2D eigenvalue weighted by molar-refractivity contribution is -0.172. The molecule has 2 nitrogen and oxygen atoms in total. The summed E-state index contributed by atoms with van der Waals surface area (Å²) < 4.78 is -1.17. The Balaban J connectivity index is 2.89. The molecule has 0 atom stereocenters. The second kappa shape index (κ2) is 7.79. The molecule has 120 valence electrons. The highest BCUT2D eigenvalue weighted by Gasteiger charge is 2.56. The van der Waals surface area contributed by atoms with Crippen molar-refractivity contribution in [2.45, 2.75) is 66.9 Å². The van der Waals surface area contributed by atoms with E-state index in [1.54, 1.807) is 0 Å². The Morgan fingerprint density at radius 2 is 0.850 bits per heavy atom. The first-order chi connectivity index (χ1) is 8.91. The van der Waals surface area contributed by atoms with Crippen LogP contribution in [-0.4, -0.2) is 25.7 Å². The molecule has 0 aromatic rings. The Morgan fingerprint density at radius 3 is 1.20 bits per heavy atom. The molecule has 0 aromatic carbocycles. The molecule has 0 saturated heterocycles. The summed E-state index contributed by atoms with van der Waals surface area (Å²) in [4.78, 5) is 0. The molecule has 1 rings (SSSR count). The highest BCUT2D eigenvalue weighted by molar-refractivity contribution is 9.33. The third kappa shape index (κ3) is 5.42. The van der Waals surface area contributed by atoms with Gasteiger partial charge in [-0.15, -0.1) is 0 Å². The normalized spacial score (nSPS) is 30.0. The van der Waals surface area contributed by atoms with Crippen molar-refractivity contribution < 1.29 is 10.2 Å². The molecule has 0 bridgehead atoms. The Bertz CT molecular complexity index is 302. The minimum atomic E-state index is -1.53. The number of rotatable bonds is 0.